The summed E-state index contributed by atoms with van der Waals surface area (Å²) in [4.78, 5) is 18.4. The van der Waals surface area contributed by atoms with Crippen molar-refractivity contribution >= 4 is 5.78 Å². The number of aromatic nitrogens is 2. The second-order valence-corrected chi connectivity index (χ2v) is 6.71. The first kappa shape index (κ1) is 18.4. The summed E-state index contributed by atoms with van der Waals surface area (Å²) in [6, 6.07) is 13.9. The third kappa shape index (κ3) is 3.82. The first-order valence-corrected chi connectivity index (χ1v) is 8.72. The molecule has 0 unspecified atom stereocenters. The van der Waals surface area contributed by atoms with Gasteiger partial charge in [-0.05, 0) is 12.1 Å². The predicted octanol–water partition coefficient (Wildman–Crippen LogP) is 4.04. The number of benzene rings is 2. The number of likely N-dealkylation sites (tertiary alicyclic amines) is 1. The molecule has 1 aliphatic rings. The maximum absolute atomic E-state index is 12.9. The Bertz CT molecular complexity index is 980. The van der Waals surface area contributed by atoms with Crippen LogP contribution in [-0.2, 0) is 6.18 Å². The topological polar surface area (TPSA) is 59.2 Å². The van der Waals surface area contributed by atoms with Gasteiger partial charge in [0.1, 0.15) is 0 Å². The molecule has 1 saturated heterocycles. The first-order chi connectivity index (χ1) is 13.4. The van der Waals surface area contributed by atoms with Crippen molar-refractivity contribution in [2.75, 3.05) is 19.6 Å². The Labute approximate surface area is 158 Å². The van der Waals surface area contributed by atoms with E-state index in [9.17, 15) is 18.0 Å². The Hall–Kier alpha value is -3.00. The third-order valence-corrected chi connectivity index (χ3v) is 4.66. The van der Waals surface area contributed by atoms with Crippen LogP contribution in [0.5, 0.6) is 0 Å². The molecule has 1 aliphatic heterocycles. The van der Waals surface area contributed by atoms with Crippen LogP contribution in [-0.4, -0.2) is 40.5 Å². The summed E-state index contributed by atoms with van der Waals surface area (Å²) in [5, 5.41) is 3.81. The summed E-state index contributed by atoms with van der Waals surface area (Å²) < 4.78 is 43.8. The molecule has 0 saturated carbocycles. The Morgan fingerprint density at radius 1 is 1.11 bits per heavy atom. The molecule has 0 spiro atoms. The molecule has 1 fully saturated rings. The molecular weight excluding hydrogens is 371 g/mol. The SMILES string of the molecule is O=C(CN1CC(c2nc(-c3cccc(C(F)(F)F)c3)no2)C1)c1ccccc1. The van der Waals surface area contributed by atoms with E-state index >= 15 is 0 Å². The van der Waals surface area contributed by atoms with Crippen LogP contribution in [0.2, 0.25) is 0 Å². The molecule has 0 N–H and O–H groups in total. The number of rotatable bonds is 5. The van der Waals surface area contributed by atoms with Gasteiger partial charge >= 0.3 is 6.18 Å². The molecule has 8 heteroatoms. The molecule has 0 aliphatic carbocycles. The highest BCUT2D eigenvalue weighted by Crippen LogP contribution is 2.32. The zero-order valence-corrected chi connectivity index (χ0v) is 14.7. The molecular formula is C20H16F3N3O2. The van der Waals surface area contributed by atoms with Gasteiger partial charge in [0.05, 0.1) is 18.0 Å². The van der Waals surface area contributed by atoms with E-state index in [-0.39, 0.29) is 23.1 Å². The summed E-state index contributed by atoms with van der Waals surface area (Å²) in [7, 11) is 0. The molecule has 0 radical (unpaired) electrons. The number of halogens is 3. The van der Waals surface area contributed by atoms with E-state index in [4.69, 9.17) is 4.52 Å². The van der Waals surface area contributed by atoms with Gasteiger partial charge in [0.15, 0.2) is 5.78 Å². The van der Waals surface area contributed by atoms with E-state index in [1.165, 1.54) is 12.1 Å². The predicted molar refractivity (Wildman–Crippen MR) is 94.7 cm³/mol. The molecule has 28 heavy (non-hydrogen) atoms. The van der Waals surface area contributed by atoms with Gasteiger partial charge in [-0.3, -0.25) is 9.69 Å². The number of hydrogen-bond donors (Lipinski definition) is 0. The van der Waals surface area contributed by atoms with Gasteiger partial charge in [-0.15, -0.1) is 0 Å². The van der Waals surface area contributed by atoms with Crippen LogP contribution >= 0.6 is 0 Å². The number of carbonyl (C=O) groups is 1. The molecule has 0 amide bonds. The fraction of sp³-hybridized carbons (Fsp3) is 0.250. The monoisotopic (exact) mass is 387 g/mol. The summed E-state index contributed by atoms with van der Waals surface area (Å²) in [6.07, 6.45) is -4.43. The molecule has 5 nitrogen and oxygen atoms in total. The third-order valence-electron chi connectivity index (χ3n) is 4.66. The number of ketones is 1. The highest BCUT2D eigenvalue weighted by molar-refractivity contribution is 5.97. The van der Waals surface area contributed by atoms with Gasteiger partial charge < -0.3 is 4.52 Å². The van der Waals surface area contributed by atoms with Gasteiger partial charge in [0, 0.05) is 24.2 Å². The zero-order valence-electron chi connectivity index (χ0n) is 14.7. The summed E-state index contributed by atoms with van der Waals surface area (Å²) in [5.74, 6) is 0.501. The summed E-state index contributed by atoms with van der Waals surface area (Å²) in [6.45, 7) is 1.47. The van der Waals surface area contributed by atoms with Gasteiger partial charge in [-0.25, -0.2) is 0 Å². The highest BCUT2D eigenvalue weighted by Gasteiger charge is 2.34. The molecule has 144 valence electrons. The largest absolute Gasteiger partial charge is 0.416 e. The average Bonchev–Trinajstić information content (AvgIpc) is 3.14. The van der Waals surface area contributed by atoms with Crippen LogP contribution in [0.25, 0.3) is 11.4 Å². The second kappa shape index (κ2) is 7.20. The number of hydrogen-bond acceptors (Lipinski definition) is 5. The minimum absolute atomic E-state index is 0.0318. The summed E-state index contributed by atoms with van der Waals surface area (Å²) >= 11 is 0. The molecule has 0 atom stereocenters. The Morgan fingerprint density at radius 2 is 1.86 bits per heavy atom. The highest BCUT2D eigenvalue weighted by atomic mass is 19.4. The van der Waals surface area contributed by atoms with E-state index < -0.39 is 11.7 Å². The molecule has 2 heterocycles. The molecule has 3 aromatic rings. The Balaban J connectivity index is 1.38. The minimum Gasteiger partial charge on any atom is -0.339 e. The smallest absolute Gasteiger partial charge is 0.339 e. The Kier molecular flexibility index (Phi) is 4.72. The van der Waals surface area contributed by atoms with Crippen molar-refractivity contribution in [1.82, 2.24) is 15.0 Å². The van der Waals surface area contributed by atoms with Crippen molar-refractivity contribution in [2.45, 2.75) is 12.1 Å². The van der Waals surface area contributed by atoms with Crippen molar-refractivity contribution in [1.29, 1.82) is 0 Å². The second-order valence-electron chi connectivity index (χ2n) is 6.71. The van der Waals surface area contributed by atoms with E-state index in [1.807, 2.05) is 23.1 Å². The van der Waals surface area contributed by atoms with Gasteiger partial charge in [-0.2, -0.15) is 18.2 Å². The van der Waals surface area contributed by atoms with Crippen LogP contribution < -0.4 is 0 Å². The van der Waals surface area contributed by atoms with Crippen LogP contribution in [0, 0.1) is 0 Å². The number of Topliss-reactive ketones (excluding diaryl/α,β-unsaturated/α-hetero) is 1. The van der Waals surface area contributed by atoms with E-state index in [2.05, 4.69) is 10.1 Å². The van der Waals surface area contributed by atoms with Gasteiger partial charge in [0.25, 0.3) is 0 Å². The van der Waals surface area contributed by atoms with Crippen molar-refractivity contribution in [3.8, 4) is 11.4 Å². The van der Waals surface area contributed by atoms with Crippen LogP contribution in [0.3, 0.4) is 0 Å². The fourth-order valence-corrected chi connectivity index (χ4v) is 3.13. The van der Waals surface area contributed by atoms with Crippen LogP contribution in [0.1, 0.15) is 27.7 Å². The lowest BCUT2D eigenvalue weighted by molar-refractivity contribution is -0.137. The molecule has 2 aromatic carbocycles. The lowest BCUT2D eigenvalue weighted by Gasteiger charge is -2.36. The number of nitrogens with zero attached hydrogens (tertiary/aromatic N) is 3. The standard InChI is InChI=1S/C20H16F3N3O2/c21-20(22,23)16-8-4-7-14(9-16)18-24-19(28-25-18)15-10-26(11-15)12-17(27)13-5-2-1-3-6-13/h1-9,15H,10-12H2. The number of carbonyl (C=O) groups excluding carboxylic acids is 1. The van der Waals surface area contributed by atoms with Crippen LogP contribution in [0.15, 0.2) is 59.1 Å². The quantitative estimate of drug-likeness (QED) is 0.619. The van der Waals surface area contributed by atoms with E-state index in [0.717, 1.165) is 12.1 Å². The maximum Gasteiger partial charge on any atom is 0.416 e. The fourth-order valence-electron chi connectivity index (χ4n) is 3.13. The maximum atomic E-state index is 12.9. The average molecular weight is 387 g/mol. The van der Waals surface area contributed by atoms with E-state index in [0.29, 0.717) is 31.1 Å². The van der Waals surface area contributed by atoms with Crippen molar-refractivity contribution in [3.63, 3.8) is 0 Å². The van der Waals surface area contributed by atoms with Gasteiger partial charge in [0.2, 0.25) is 11.7 Å². The minimum atomic E-state index is -4.43. The Morgan fingerprint density at radius 3 is 2.57 bits per heavy atom. The molecule has 1 aromatic heterocycles. The normalized spacial score (nSPS) is 15.4. The lowest BCUT2D eigenvalue weighted by Crippen LogP contribution is -2.47. The van der Waals surface area contributed by atoms with Gasteiger partial charge in [-0.1, -0.05) is 47.6 Å². The zero-order chi connectivity index (χ0) is 19.7. The van der Waals surface area contributed by atoms with Crippen LogP contribution in [0.4, 0.5) is 13.2 Å². The molecule has 0 bridgehead atoms. The molecule has 4 rings (SSSR count). The first-order valence-electron chi connectivity index (χ1n) is 8.72. The van der Waals surface area contributed by atoms with Crippen molar-refractivity contribution in [3.05, 3.63) is 71.6 Å². The van der Waals surface area contributed by atoms with Crippen molar-refractivity contribution in [2.24, 2.45) is 0 Å². The van der Waals surface area contributed by atoms with Crippen molar-refractivity contribution < 1.29 is 22.5 Å². The number of alkyl halides is 3. The lowest BCUT2D eigenvalue weighted by atomic mass is 9.99. The van der Waals surface area contributed by atoms with E-state index in [1.54, 1.807) is 12.1 Å². The summed E-state index contributed by atoms with van der Waals surface area (Å²) in [5.41, 5.74) is 0.154.